The Morgan fingerprint density at radius 1 is 1.27 bits per heavy atom. The molecule has 0 spiro atoms. The number of amides is 1. The zero-order chi connectivity index (χ0) is 15.4. The molecule has 0 saturated carbocycles. The van der Waals surface area contributed by atoms with Crippen LogP contribution in [0.4, 0.5) is 5.13 Å². The van der Waals surface area contributed by atoms with Gasteiger partial charge in [0, 0.05) is 25.0 Å². The molecule has 0 aliphatic heterocycles. The summed E-state index contributed by atoms with van der Waals surface area (Å²) in [6.07, 6.45) is 0. The molecule has 0 fully saturated rings. The minimum absolute atomic E-state index is 0. The molecule has 4 nitrogen and oxygen atoms in total. The van der Waals surface area contributed by atoms with Gasteiger partial charge in [0.15, 0.2) is 5.13 Å². The number of carbonyl (C=O) groups excluding carboxylic acids is 1. The fourth-order valence-corrected chi connectivity index (χ4v) is 3.48. The van der Waals surface area contributed by atoms with Crippen molar-refractivity contribution in [3.05, 3.63) is 23.2 Å². The van der Waals surface area contributed by atoms with E-state index >= 15 is 0 Å². The zero-order valence-corrected chi connectivity index (χ0v) is 15.4. The van der Waals surface area contributed by atoms with Gasteiger partial charge < -0.3 is 4.90 Å². The molecule has 22 heavy (non-hydrogen) atoms. The van der Waals surface area contributed by atoms with E-state index in [1.807, 2.05) is 18.2 Å². The Balaban J connectivity index is 0.00000242. The van der Waals surface area contributed by atoms with Crippen LogP contribution in [0.3, 0.4) is 0 Å². The molecule has 1 heterocycles. The highest BCUT2D eigenvalue weighted by atomic mass is 35.5. The molecule has 1 aromatic heterocycles. The molecule has 7 heteroatoms. The zero-order valence-electron chi connectivity index (χ0n) is 13.0. The first kappa shape index (κ1) is 19.2. The number of hydrogen-bond acceptors (Lipinski definition) is 4. The number of likely N-dealkylation sites (N-methyl/N-ethyl adjacent to an activating group) is 1. The fraction of sp³-hybridized carbons (Fsp3) is 0.467. The summed E-state index contributed by atoms with van der Waals surface area (Å²) in [5, 5.41) is 1.43. The monoisotopic (exact) mass is 361 g/mol. The van der Waals surface area contributed by atoms with Crippen molar-refractivity contribution in [1.82, 2.24) is 9.88 Å². The molecule has 0 aliphatic carbocycles. The van der Waals surface area contributed by atoms with E-state index in [9.17, 15) is 4.79 Å². The third-order valence-corrected chi connectivity index (χ3v) is 4.76. The largest absolute Gasteiger partial charge is 0.302 e. The van der Waals surface area contributed by atoms with Gasteiger partial charge in [0.2, 0.25) is 5.91 Å². The number of rotatable bonds is 6. The molecule has 1 aromatic carbocycles. The van der Waals surface area contributed by atoms with Crippen LogP contribution in [0, 0.1) is 0 Å². The number of anilines is 1. The Morgan fingerprint density at radius 3 is 2.55 bits per heavy atom. The number of benzene rings is 1. The Morgan fingerprint density at radius 2 is 1.95 bits per heavy atom. The second kappa shape index (κ2) is 8.67. The van der Waals surface area contributed by atoms with Gasteiger partial charge in [-0.25, -0.2) is 4.98 Å². The lowest BCUT2D eigenvalue weighted by molar-refractivity contribution is -0.116. The van der Waals surface area contributed by atoms with Gasteiger partial charge in [-0.15, -0.1) is 12.4 Å². The van der Waals surface area contributed by atoms with Crippen LogP contribution < -0.4 is 4.90 Å². The van der Waals surface area contributed by atoms with E-state index in [1.165, 1.54) is 11.3 Å². The second-order valence-corrected chi connectivity index (χ2v) is 6.25. The molecule has 2 aromatic rings. The van der Waals surface area contributed by atoms with Crippen LogP contribution in [0.5, 0.6) is 0 Å². The number of hydrogen-bond donors (Lipinski definition) is 0. The number of nitrogens with zero attached hydrogens (tertiary/aromatic N) is 3. The van der Waals surface area contributed by atoms with Crippen LogP contribution in [0.25, 0.3) is 10.2 Å². The fourth-order valence-electron chi connectivity index (χ4n) is 2.17. The molecule has 0 N–H and O–H groups in total. The van der Waals surface area contributed by atoms with Gasteiger partial charge in [0.05, 0.1) is 10.2 Å². The van der Waals surface area contributed by atoms with Gasteiger partial charge in [-0.2, -0.15) is 0 Å². The van der Waals surface area contributed by atoms with E-state index in [0.717, 1.165) is 35.0 Å². The lowest BCUT2D eigenvalue weighted by atomic mass is 10.3. The van der Waals surface area contributed by atoms with Crippen molar-refractivity contribution in [1.29, 1.82) is 0 Å². The van der Waals surface area contributed by atoms with Crippen molar-refractivity contribution < 1.29 is 4.79 Å². The average Bonchev–Trinajstić information content (AvgIpc) is 2.85. The molecule has 1 amide bonds. The van der Waals surface area contributed by atoms with Crippen LogP contribution in [-0.2, 0) is 4.79 Å². The third kappa shape index (κ3) is 4.56. The van der Waals surface area contributed by atoms with Crippen LogP contribution in [0.1, 0.15) is 20.8 Å². The number of thiazole rings is 1. The Hall–Kier alpha value is -0.880. The standard InChI is InChI=1S/C15H20ClN3OS.ClH/c1-4-18(5-2)8-9-19(11(3)20)15-17-13-7-6-12(16)10-14(13)21-15;/h6-7,10H,4-5,8-9H2,1-3H3;1H. The third-order valence-electron chi connectivity index (χ3n) is 3.48. The summed E-state index contributed by atoms with van der Waals surface area (Å²) < 4.78 is 1.01. The predicted molar refractivity (Wildman–Crippen MR) is 97.7 cm³/mol. The molecule has 122 valence electrons. The van der Waals surface area contributed by atoms with E-state index in [4.69, 9.17) is 11.6 Å². The SMILES string of the molecule is CCN(CC)CCN(C(C)=O)c1nc2ccc(Cl)cc2s1.Cl. The molecule has 0 radical (unpaired) electrons. The van der Waals surface area contributed by atoms with Crippen LogP contribution in [0.15, 0.2) is 18.2 Å². The van der Waals surface area contributed by atoms with Crippen molar-refractivity contribution >= 4 is 56.6 Å². The highest BCUT2D eigenvalue weighted by molar-refractivity contribution is 7.22. The lowest BCUT2D eigenvalue weighted by Crippen LogP contribution is -2.37. The first-order valence-electron chi connectivity index (χ1n) is 7.11. The number of aromatic nitrogens is 1. The molecule has 0 bridgehead atoms. The van der Waals surface area contributed by atoms with E-state index in [-0.39, 0.29) is 18.3 Å². The maximum Gasteiger partial charge on any atom is 0.225 e. The van der Waals surface area contributed by atoms with Crippen molar-refractivity contribution in [3.8, 4) is 0 Å². The summed E-state index contributed by atoms with van der Waals surface area (Å²) in [5.41, 5.74) is 0.883. The van der Waals surface area contributed by atoms with E-state index in [2.05, 4.69) is 23.7 Å². The molecular weight excluding hydrogens is 341 g/mol. The van der Waals surface area contributed by atoms with E-state index in [1.54, 1.807) is 11.8 Å². The first-order chi connectivity index (χ1) is 10.0. The average molecular weight is 362 g/mol. The second-order valence-electron chi connectivity index (χ2n) is 4.81. The quantitative estimate of drug-likeness (QED) is 0.777. The lowest BCUT2D eigenvalue weighted by Gasteiger charge is -2.23. The molecule has 0 saturated heterocycles. The smallest absolute Gasteiger partial charge is 0.225 e. The van der Waals surface area contributed by atoms with Gasteiger partial charge in [0.1, 0.15) is 0 Å². The van der Waals surface area contributed by atoms with Crippen molar-refractivity contribution in [3.63, 3.8) is 0 Å². The number of carbonyl (C=O) groups is 1. The molecular formula is C15H21Cl2N3OS. The van der Waals surface area contributed by atoms with Gasteiger partial charge in [-0.05, 0) is 31.3 Å². The van der Waals surface area contributed by atoms with Crippen LogP contribution in [-0.4, -0.2) is 42.0 Å². The van der Waals surface area contributed by atoms with E-state index in [0.29, 0.717) is 11.6 Å². The molecule has 0 aliphatic rings. The molecule has 0 atom stereocenters. The molecule has 0 unspecified atom stereocenters. The summed E-state index contributed by atoms with van der Waals surface area (Å²) >= 11 is 7.51. The van der Waals surface area contributed by atoms with Crippen LogP contribution >= 0.6 is 35.3 Å². The summed E-state index contributed by atoms with van der Waals surface area (Å²) in [6, 6.07) is 5.60. The summed E-state index contributed by atoms with van der Waals surface area (Å²) in [7, 11) is 0. The van der Waals surface area contributed by atoms with E-state index < -0.39 is 0 Å². The molecule has 2 rings (SSSR count). The van der Waals surface area contributed by atoms with Crippen molar-refractivity contribution in [2.75, 3.05) is 31.1 Å². The highest BCUT2D eigenvalue weighted by Gasteiger charge is 2.17. The normalized spacial score (nSPS) is 10.8. The highest BCUT2D eigenvalue weighted by Crippen LogP contribution is 2.30. The minimum Gasteiger partial charge on any atom is -0.302 e. The number of halogens is 2. The summed E-state index contributed by atoms with van der Waals surface area (Å²) in [5.74, 6) is 0.0207. The summed E-state index contributed by atoms with van der Waals surface area (Å²) in [4.78, 5) is 20.5. The Kier molecular flexibility index (Phi) is 7.56. The van der Waals surface area contributed by atoms with Gasteiger partial charge in [-0.3, -0.25) is 9.69 Å². The Bertz CT molecular complexity index is 628. The van der Waals surface area contributed by atoms with Gasteiger partial charge in [0.25, 0.3) is 0 Å². The van der Waals surface area contributed by atoms with Crippen molar-refractivity contribution in [2.24, 2.45) is 0 Å². The minimum atomic E-state index is 0. The van der Waals surface area contributed by atoms with Crippen LogP contribution in [0.2, 0.25) is 5.02 Å². The first-order valence-corrected chi connectivity index (χ1v) is 8.31. The maximum absolute atomic E-state index is 11.9. The Labute approximate surface area is 146 Å². The maximum atomic E-state index is 11.9. The van der Waals surface area contributed by atoms with Crippen molar-refractivity contribution in [2.45, 2.75) is 20.8 Å². The topological polar surface area (TPSA) is 36.4 Å². The summed E-state index contributed by atoms with van der Waals surface area (Å²) in [6.45, 7) is 9.31. The van der Waals surface area contributed by atoms with Gasteiger partial charge in [-0.1, -0.05) is 36.8 Å². The van der Waals surface area contributed by atoms with Gasteiger partial charge >= 0.3 is 0 Å². The number of fused-ring (bicyclic) bond motifs is 1. The predicted octanol–water partition coefficient (Wildman–Crippen LogP) is 4.07.